The van der Waals surface area contributed by atoms with Crippen molar-refractivity contribution in [3.05, 3.63) is 70.8 Å². The number of aryl methyl sites for hydroxylation is 1. The minimum atomic E-state index is -0.822. The van der Waals surface area contributed by atoms with E-state index in [2.05, 4.69) is 12.1 Å². The van der Waals surface area contributed by atoms with E-state index in [9.17, 15) is 14.7 Å². The molecule has 27 heavy (non-hydrogen) atoms. The second kappa shape index (κ2) is 8.35. The normalized spacial score (nSPS) is 17.2. The molecule has 1 aliphatic rings. The zero-order valence-corrected chi connectivity index (χ0v) is 15.7. The largest absolute Gasteiger partial charge is 0.480 e. The third-order valence-corrected chi connectivity index (χ3v) is 5.34. The fraction of sp³-hybridized carbons (Fsp3) is 0.364. The Morgan fingerprint density at radius 3 is 2.59 bits per heavy atom. The van der Waals surface area contributed by atoms with Gasteiger partial charge in [0, 0.05) is 6.04 Å². The molecule has 0 saturated carbocycles. The number of esters is 1. The average molecular weight is 367 g/mol. The molecule has 2 unspecified atom stereocenters. The van der Waals surface area contributed by atoms with Crippen molar-refractivity contribution in [2.45, 2.75) is 25.3 Å². The van der Waals surface area contributed by atoms with Gasteiger partial charge in [-0.1, -0.05) is 36.4 Å². The Bertz CT molecular complexity index is 818. The first-order valence-electron chi connectivity index (χ1n) is 9.16. The lowest BCUT2D eigenvalue weighted by Gasteiger charge is -2.37. The van der Waals surface area contributed by atoms with Gasteiger partial charge in [-0.05, 0) is 61.1 Å². The summed E-state index contributed by atoms with van der Waals surface area (Å²) in [6.07, 6.45) is 2.68. The van der Waals surface area contributed by atoms with Gasteiger partial charge in [0.1, 0.15) is 0 Å². The molecule has 0 aromatic heterocycles. The van der Waals surface area contributed by atoms with Crippen molar-refractivity contribution < 1.29 is 19.4 Å². The van der Waals surface area contributed by atoms with Gasteiger partial charge < -0.3 is 9.84 Å². The zero-order chi connectivity index (χ0) is 19.4. The fourth-order valence-electron chi connectivity index (χ4n) is 4.15. The molecule has 2 atom stereocenters. The molecule has 142 valence electrons. The molecule has 0 saturated heterocycles. The molecule has 0 spiro atoms. The molecule has 5 nitrogen and oxygen atoms in total. The molecular formula is C22H25NO4. The van der Waals surface area contributed by atoms with E-state index < -0.39 is 5.97 Å². The first kappa shape index (κ1) is 19.1. The summed E-state index contributed by atoms with van der Waals surface area (Å²) in [6, 6.07) is 15.9. The summed E-state index contributed by atoms with van der Waals surface area (Å²) >= 11 is 0. The van der Waals surface area contributed by atoms with Crippen LogP contribution in [0, 0.1) is 5.92 Å². The fourth-order valence-corrected chi connectivity index (χ4v) is 4.15. The number of hydrogen-bond acceptors (Lipinski definition) is 4. The van der Waals surface area contributed by atoms with Gasteiger partial charge in [-0.25, -0.2) is 4.79 Å². The van der Waals surface area contributed by atoms with Crippen LogP contribution in [0.1, 0.15) is 39.5 Å². The zero-order valence-electron chi connectivity index (χ0n) is 15.7. The number of methoxy groups -OCH3 is 1. The molecule has 2 aromatic rings. The molecule has 0 heterocycles. The molecular weight excluding hydrogens is 342 g/mol. The van der Waals surface area contributed by atoms with E-state index in [1.807, 2.05) is 48.3 Å². The predicted octanol–water partition coefficient (Wildman–Crippen LogP) is 3.34. The number of nitrogens with zero attached hydrogens (tertiary/aromatic N) is 1. The van der Waals surface area contributed by atoms with E-state index >= 15 is 0 Å². The Morgan fingerprint density at radius 1 is 1.19 bits per heavy atom. The lowest BCUT2D eigenvalue weighted by atomic mass is 9.77. The number of fused-ring (bicyclic) bond motifs is 1. The highest BCUT2D eigenvalue weighted by molar-refractivity contribution is 5.89. The van der Waals surface area contributed by atoms with Crippen LogP contribution in [0.25, 0.3) is 0 Å². The van der Waals surface area contributed by atoms with E-state index in [0.717, 1.165) is 24.8 Å². The number of carboxylic acids is 1. The SMILES string of the molecule is COC(=O)c1ccc2c(c1)CCC(C(c1ccccc1)N(C)CC(=O)O)C2. The van der Waals surface area contributed by atoms with Crippen LogP contribution in [0.15, 0.2) is 48.5 Å². The third kappa shape index (κ3) is 4.37. The van der Waals surface area contributed by atoms with Gasteiger partial charge in [-0.3, -0.25) is 9.69 Å². The van der Waals surface area contributed by atoms with E-state index in [-0.39, 0.29) is 18.6 Å². The second-order valence-corrected chi connectivity index (χ2v) is 7.14. The van der Waals surface area contributed by atoms with Crippen molar-refractivity contribution in [3.63, 3.8) is 0 Å². The van der Waals surface area contributed by atoms with Gasteiger partial charge in [-0.2, -0.15) is 0 Å². The molecule has 1 N–H and O–H groups in total. The van der Waals surface area contributed by atoms with Crippen molar-refractivity contribution in [2.24, 2.45) is 5.92 Å². The molecule has 5 heteroatoms. The van der Waals surface area contributed by atoms with Gasteiger partial charge in [0.2, 0.25) is 0 Å². The first-order valence-corrected chi connectivity index (χ1v) is 9.16. The smallest absolute Gasteiger partial charge is 0.337 e. The van der Waals surface area contributed by atoms with Gasteiger partial charge in [0.05, 0.1) is 19.2 Å². The van der Waals surface area contributed by atoms with Crippen LogP contribution in [0.5, 0.6) is 0 Å². The van der Waals surface area contributed by atoms with Crippen LogP contribution in [-0.4, -0.2) is 42.6 Å². The summed E-state index contributed by atoms with van der Waals surface area (Å²) in [5, 5.41) is 9.26. The molecule has 0 aliphatic heterocycles. The summed E-state index contributed by atoms with van der Waals surface area (Å²) in [4.78, 5) is 25.0. The maximum atomic E-state index is 11.8. The molecule has 1 aliphatic carbocycles. The summed E-state index contributed by atoms with van der Waals surface area (Å²) in [7, 11) is 3.27. The number of hydrogen-bond donors (Lipinski definition) is 1. The molecule has 0 fully saturated rings. The van der Waals surface area contributed by atoms with Gasteiger partial charge in [0.15, 0.2) is 0 Å². The number of likely N-dealkylation sites (N-methyl/N-ethyl adjacent to an activating group) is 1. The minimum Gasteiger partial charge on any atom is -0.480 e. The highest BCUT2D eigenvalue weighted by Crippen LogP contribution is 2.37. The van der Waals surface area contributed by atoms with E-state index in [4.69, 9.17) is 4.74 Å². The summed E-state index contributed by atoms with van der Waals surface area (Å²) in [5.41, 5.74) is 4.13. The number of carbonyl (C=O) groups excluding carboxylic acids is 1. The lowest BCUT2D eigenvalue weighted by Crippen LogP contribution is -2.36. The molecule has 0 radical (unpaired) electrons. The number of carbonyl (C=O) groups is 2. The summed E-state index contributed by atoms with van der Waals surface area (Å²) < 4.78 is 4.81. The summed E-state index contributed by atoms with van der Waals surface area (Å²) in [5.74, 6) is -0.825. The van der Waals surface area contributed by atoms with Crippen LogP contribution >= 0.6 is 0 Å². The Kier molecular flexibility index (Phi) is 5.91. The van der Waals surface area contributed by atoms with Crippen molar-refractivity contribution in [3.8, 4) is 0 Å². The number of benzene rings is 2. The van der Waals surface area contributed by atoms with Crippen LogP contribution in [0.3, 0.4) is 0 Å². The molecule has 0 bridgehead atoms. The average Bonchev–Trinajstić information content (AvgIpc) is 2.67. The monoisotopic (exact) mass is 367 g/mol. The van der Waals surface area contributed by atoms with Crippen molar-refractivity contribution >= 4 is 11.9 Å². The van der Waals surface area contributed by atoms with E-state index in [0.29, 0.717) is 11.5 Å². The minimum absolute atomic E-state index is 0.00416. The van der Waals surface area contributed by atoms with E-state index in [1.54, 1.807) is 0 Å². The highest BCUT2D eigenvalue weighted by atomic mass is 16.5. The Morgan fingerprint density at radius 2 is 1.93 bits per heavy atom. The van der Waals surface area contributed by atoms with Crippen LogP contribution in [0.2, 0.25) is 0 Å². The maximum absolute atomic E-state index is 11.8. The lowest BCUT2D eigenvalue weighted by molar-refractivity contribution is -0.138. The van der Waals surface area contributed by atoms with Crippen molar-refractivity contribution in [1.29, 1.82) is 0 Å². The molecule has 0 amide bonds. The Labute approximate surface area is 159 Å². The number of carboxylic acid groups (broad SMARTS) is 1. The van der Waals surface area contributed by atoms with Crippen molar-refractivity contribution in [2.75, 3.05) is 20.7 Å². The second-order valence-electron chi connectivity index (χ2n) is 7.14. The van der Waals surface area contributed by atoms with Crippen LogP contribution in [0.4, 0.5) is 0 Å². The number of aliphatic carboxylic acids is 1. The molecule has 2 aromatic carbocycles. The van der Waals surface area contributed by atoms with E-state index in [1.165, 1.54) is 18.2 Å². The predicted molar refractivity (Wildman–Crippen MR) is 103 cm³/mol. The van der Waals surface area contributed by atoms with Gasteiger partial charge in [-0.15, -0.1) is 0 Å². The summed E-state index contributed by atoms with van der Waals surface area (Å²) in [6.45, 7) is 0.00416. The molecule has 3 rings (SSSR count). The van der Waals surface area contributed by atoms with Gasteiger partial charge in [0.25, 0.3) is 0 Å². The highest BCUT2D eigenvalue weighted by Gasteiger charge is 2.31. The quantitative estimate of drug-likeness (QED) is 0.793. The Balaban J connectivity index is 1.87. The standard InChI is InChI=1S/C22H25NO4/c1-23(14-20(24)25)21(15-6-4-3-5-7-15)18-10-8-17-13-19(22(26)27-2)11-9-16(17)12-18/h3-7,9,11,13,18,21H,8,10,12,14H2,1-2H3,(H,24,25). The van der Waals surface area contributed by atoms with Crippen LogP contribution < -0.4 is 0 Å². The first-order chi connectivity index (χ1) is 13.0. The number of ether oxygens (including phenoxy) is 1. The number of rotatable bonds is 6. The topological polar surface area (TPSA) is 66.8 Å². The Hall–Kier alpha value is -2.66. The van der Waals surface area contributed by atoms with Crippen LogP contribution in [-0.2, 0) is 22.4 Å². The third-order valence-electron chi connectivity index (χ3n) is 5.34. The maximum Gasteiger partial charge on any atom is 0.337 e. The van der Waals surface area contributed by atoms with Crippen molar-refractivity contribution in [1.82, 2.24) is 4.90 Å². The van der Waals surface area contributed by atoms with Gasteiger partial charge >= 0.3 is 11.9 Å².